The van der Waals surface area contributed by atoms with Gasteiger partial charge < -0.3 is 15.1 Å². The van der Waals surface area contributed by atoms with E-state index in [1.54, 1.807) is 21.9 Å². The van der Waals surface area contributed by atoms with Gasteiger partial charge in [0, 0.05) is 26.2 Å². The van der Waals surface area contributed by atoms with Gasteiger partial charge in [-0.05, 0) is 44.4 Å². The molecule has 1 aromatic carbocycles. The molecule has 2 rings (SSSR count). The van der Waals surface area contributed by atoms with Gasteiger partial charge in [-0.2, -0.15) is 0 Å². The first kappa shape index (κ1) is 20.9. The number of likely N-dealkylation sites (tertiary alicyclic amines) is 1. The van der Waals surface area contributed by atoms with E-state index in [0.717, 1.165) is 12.0 Å². The van der Waals surface area contributed by atoms with Crippen molar-refractivity contribution >= 4 is 17.7 Å². The van der Waals surface area contributed by atoms with Crippen LogP contribution >= 0.6 is 0 Å². The van der Waals surface area contributed by atoms with Crippen LogP contribution in [-0.4, -0.2) is 60.2 Å². The van der Waals surface area contributed by atoms with E-state index < -0.39 is 0 Å². The quantitative estimate of drug-likeness (QED) is 0.785. The van der Waals surface area contributed by atoms with Gasteiger partial charge in [0.1, 0.15) is 5.82 Å². The summed E-state index contributed by atoms with van der Waals surface area (Å²) >= 11 is 0. The molecule has 0 radical (unpaired) electrons. The Labute approximate surface area is 159 Å². The van der Waals surface area contributed by atoms with E-state index in [4.69, 9.17) is 0 Å². The maximum absolute atomic E-state index is 13.0. The Morgan fingerprint density at radius 2 is 1.85 bits per heavy atom. The zero-order valence-electron chi connectivity index (χ0n) is 16.0. The molecule has 6 nitrogen and oxygen atoms in total. The number of carbonyl (C=O) groups excluding carboxylic acids is 3. The van der Waals surface area contributed by atoms with Gasteiger partial charge in [-0.1, -0.05) is 12.1 Å². The maximum atomic E-state index is 13.0. The van der Waals surface area contributed by atoms with Gasteiger partial charge in [0.25, 0.3) is 0 Å². The highest BCUT2D eigenvalue weighted by Gasteiger charge is 2.28. The van der Waals surface area contributed by atoms with Gasteiger partial charge in [-0.3, -0.25) is 14.4 Å². The normalized spacial score (nSPS) is 16.7. The Morgan fingerprint density at radius 3 is 2.48 bits per heavy atom. The fourth-order valence-corrected chi connectivity index (χ4v) is 3.30. The van der Waals surface area contributed by atoms with Crippen molar-refractivity contribution in [3.05, 3.63) is 35.6 Å². The molecule has 1 saturated heterocycles. The number of rotatable bonds is 7. The highest BCUT2D eigenvalue weighted by atomic mass is 19.1. The number of carbonyl (C=O) groups is 3. The number of likely N-dealkylation sites (N-methyl/N-ethyl adjacent to an activating group) is 1. The summed E-state index contributed by atoms with van der Waals surface area (Å²) in [5.74, 6) is -0.998. The van der Waals surface area contributed by atoms with Crippen LogP contribution in [0.25, 0.3) is 0 Å². The molecule has 0 aliphatic carbocycles. The van der Waals surface area contributed by atoms with Crippen LogP contribution in [0.5, 0.6) is 0 Å². The second kappa shape index (κ2) is 10.0. The zero-order chi connectivity index (χ0) is 19.8. The van der Waals surface area contributed by atoms with Crippen LogP contribution in [0, 0.1) is 11.7 Å². The molecule has 1 unspecified atom stereocenters. The molecular formula is C20H28FN3O3. The minimum atomic E-state index is -0.333. The molecule has 1 atom stereocenters. The average Bonchev–Trinajstić information content (AvgIpc) is 2.69. The maximum Gasteiger partial charge on any atom is 0.241 e. The molecule has 0 bridgehead atoms. The Morgan fingerprint density at radius 1 is 1.19 bits per heavy atom. The van der Waals surface area contributed by atoms with Crippen LogP contribution in [0.2, 0.25) is 0 Å². The lowest BCUT2D eigenvalue weighted by Gasteiger charge is -2.32. The Kier molecular flexibility index (Phi) is 7.76. The van der Waals surface area contributed by atoms with Crippen molar-refractivity contribution in [3.63, 3.8) is 0 Å². The van der Waals surface area contributed by atoms with Crippen LogP contribution < -0.4 is 5.32 Å². The summed E-state index contributed by atoms with van der Waals surface area (Å²) in [7, 11) is 0. The summed E-state index contributed by atoms with van der Waals surface area (Å²) in [4.78, 5) is 40.3. The van der Waals surface area contributed by atoms with Crippen molar-refractivity contribution in [2.75, 3.05) is 32.7 Å². The average molecular weight is 377 g/mol. The minimum absolute atomic E-state index is 0.0134. The summed E-state index contributed by atoms with van der Waals surface area (Å²) in [5, 5.41) is 2.71. The van der Waals surface area contributed by atoms with E-state index in [9.17, 15) is 18.8 Å². The van der Waals surface area contributed by atoms with Crippen LogP contribution in [0.15, 0.2) is 24.3 Å². The summed E-state index contributed by atoms with van der Waals surface area (Å²) < 4.78 is 13.0. The summed E-state index contributed by atoms with van der Waals surface area (Å²) in [5.41, 5.74) is 0.748. The van der Waals surface area contributed by atoms with Gasteiger partial charge in [-0.15, -0.1) is 0 Å². The van der Waals surface area contributed by atoms with Crippen LogP contribution in [0.1, 0.15) is 32.3 Å². The first-order valence-electron chi connectivity index (χ1n) is 9.52. The van der Waals surface area contributed by atoms with E-state index in [0.29, 0.717) is 32.6 Å². The molecule has 0 saturated carbocycles. The second-order valence-corrected chi connectivity index (χ2v) is 6.77. The monoisotopic (exact) mass is 377 g/mol. The number of nitrogens with one attached hydrogen (secondary N) is 1. The van der Waals surface area contributed by atoms with Crippen LogP contribution in [0.4, 0.5) is 4.39 Å². The molecule has 7 heteroatoms. The smallest absolute Gasteiger partial charge is 0.241 e. The first-order chi connectivity index (χ1) is 12.9. The Bertz CT molecular complexity index is 659. The Balaban J connectivity index is 1.85. The lowest BCUT2D eigenvalue weighted by atomic mass is 9.96. The predicted octanol–water partition coefficient (Wildman–Crippen LogP) is 1.59. The fourth-order valence-electron chi connectivity index (χ4n) is 3.30. The van der Waals surface area contributed by atoms with Gasteiger partial charge in [0.05, 0.1) is 18.9 Å². The largest absolute Gasteiger partial charge is 0.347 e. The van der Waals surface area contributed by atoms with Crippen molar-refractivity contribution in [2.24, 2.45) is 5.92 Å². The molecule has 3 amide bonds. The molecule has 1 heterocycles. The van der Waals surface area contributed by atoms with Crippen LogP contribution in [-0.2, 0) is 20.8 Å². The number of benzene rings is 1. The number of amides is 3. The molecule has 148 valence electrons. The molecule has 0 spiro atoms. The van der Waals surface area contributed by atoms with Crippen LogP contribution in [0.3, 0.4) is 0 Å². The number of hydrogen-bond donors (Lipinski definition) is 1. The van der Waals surface area contributed by atoms with Gasteiger partial charge in [0.2, 0.25) is 17.7 Å². The highest BCUT2D eigenvalue weighted by molar-refractivity contribution is 5.86. The molecule has 1 fully saturated rings. The van der Waals surface area contributed by atoms with Crippen molar-refractivity contribution in [3.8, 4) is 0 Å². The number of nitrogens with zero attached hydrogens (tertiary/aromatic N) is 2. The number of hydrogen-bond acceptors (Lipinski definition) is 3. The first-order valence-corrected chi connectivity index (χ1v) is 9.52. The molecule has 27 heavy (non-hydrogen) atoms. The van der Waals surface area contributed by atoms with E-state index in [1.165, 1.54) is 12.1 Å². The molecule has 0 aromatic heterocycles. The molecule has 1 aliphatic rings. The third kappa shape index (κ3) is 6.05. The Hall–Kier alpha value is -2.44. The number of halogens is 1. The van der Waals surface area contributed by atoms with Gasteiger partial charge in [-0.25, -0.2) is 4.39 Å². The highest BCUT2D eigenvalue weighted by Crippen LogP contribution is 2.18. The lowest BCUT2D eigenvalue weighted by molar-refractivity contribution is -0.137. The van der Waals surface area contributed by atoms with Crippen molar-refractivity contribution < 1.29 is 18.8 Å². The third-order valence-corrected chi connectivity index (χ3v) is 4.94. The zero-order valence-corrected chi connectivity index (χ0v) is 16.0. The van der Waals surface area contributed by atoms with E-state index in [-0.39, 0.29) is 42.4 Å². The van der Waals surface area contributed by atoms with Crippen molar-refractivity contribution in [2.45, 2.75) is 33.1 Å². The van der Waals surface area contributed by atoms with Crippen molar-refractivity contribution in [1.82, 2.24) is 15.1 Å². The minimum Gasteiger partial charge on any atom is -0.347 e. The van der Waals surface area contributed by atoms with E-state index in [1.807, 2.05) is 13.8 Å². The lowest BCUT2D eigenvalue weighted by Crippen LogP contribution is -2.48. The molecular weight excluding hydrogens is 349 g/mol. The number of piperidine rings is 1. The van der Waals surface area contributed by atoms with E-state index >= 15 is 0 Å². The molecule has 1 aromatic rings. The summed E-state index contributed by atoms with van der Waals surface area (Å²) in [6.07, 6.45) is 1.64. The predicted molar refractivity (Wildman–Crippen MR) is 100 cm³/mol. The van der Waals surface area contributed by atoms with Gasteiger partial charge >= 0.3 is 0 Å². The fraction of sp³-hybridized carbons (Fsp3) is 0.550. The topological polar surface area (TPSA) is 69.7 Å². The standard InChI is InChI=1S/C20H28FN3O3/c1-3-23(4-2)19(26)13-22-20(27)16-6-5-11-24(14-16)18(25)12-15-7-9-17(21)10-8-15/h7-10,16H,3-6,11-14H2,1-2H3,(H,22,27). The van der Waals surface area contributed by atoms with E-state index in [2.05, 4.69) is 5.32 Å². The van der Waals surface area contributed by atoms with Gasteiger partial charge in [0.15, 0.2) is 0 Å². The van der Waals surface area contributed by atoms with Crippen molar-refractivity contribution in [1.29, 1.82) is 0 Å². The second-order valence-electron chi connectivity index (χ2n) is 6.77. The summed E-state index contributed by atoms with van der Waals surface area (Å²) in [6, 6.07) is 5.87. The summed E-state index contributed by atoms with van der Waals surface area (Å²) in [6.45, 7) is 5.97. The third-order valence-electron chi connectivity index (χ3n) is 4.94. The SMILES string of the molecule is CCN(CC)C(=O)CNC(=O)C1CCCN(C(=O)Cc2ccc(F)cc2)C1. The molecule has 1 N–H and O–H groups in total. The molecule has 1 aliphatic heterocycles.